The molecule has 0 aliphatic heterocycles. The number of rotatable bonds is 2. The quantitative estimate of drug-likeness (QED) is 0.724. The smallest absolute Gasteiger partial charge is 0.0166 e. The van der Waals surface area contributed by atoms with Gasteiger partial charge in [0.2, 0.25) is 0 Å². The van der Waals surface area contributed by atoms with Gasteiger partial charge < -0.3 is 4.90 Å². The van der Waals surface area contributed by atoms with Crippen molar-refractivity contribution < 1.29 is 0 Å². The highest BCUT2D eigenvalue weighted by Gasteiger charge is 2.02. The first-order chi connectivity index (χ1) is 7.77. The van der Waals surface area contributed by atoms with Gasteiger partial charge in [0.25, 0.3) is 0 Å². The predicted octanol–water partition coefficient (Wildman–Crippen LogP) is 3.48. The Morgan fingerprint density at radius 3 is 2.44 bits per heavy atom. The van der Waals surface area contributed by atoms with E-state index < -0.39 is 0 Å². The molecule has 16 heavy (non-hydrogen) atoms. The summed E-state index contributed by atoms with van der Waals surface area (Å²) < 4.78 is 0. The van der Waals surface area contributed by atoms with Gasteiger partial charge in [0.15, 0.2) is 0 Å². The molecule has 2 rings (SSSR count). The summed E-state index contributed by atoms with van der Waals surface area (Å²) in [5, 5.41) is 0. The molecule has 0 N–H and O–H groups in total. The fourth-order valence-electron chi connectivity index (χ4n) is 1.77. The molecule has 1 aromatic carbocycles. The van der Waals surface area contributed by atoms with E-state index in [-0.39, 0.29) is 0 Å². The van der Waals surface area contributed by atoms with Crippen LogP contribution >= 0.6 is 0 Å². The third kappa shape index (κ3) is 2.43. The van der Waals surface area contributed by atoms with Gasteiger partial charge >= 0.3 is 0 Å². The monoisotopic (exact) mass is 211 g/mol. The van der Waals surface area contributed by atoms with Gasteiger partial charge in [0, 0.05) is 26.2 Å². The average Bonchev–Trinajstić information content (AvgIpc) is 2.55. The van der Waals surface area contributed by atoms with Crippen molar-refractivity contribution in [3.63, 3.8) is 0 Å². The SMILES string of the molecule is CN(C)C1=CC=C(c2ccccc2)C=CC1. The van der Waals surface area contributed by atoms with Gasteiger partial charge in [0.05, 0.1) is 0 Å². The largest absolute Gasteiger partial charge is 0.381 e. The molecule has 0 spiro atoms. The molecule has 0 saturated carbocycles. The summed E-state index contributed by atoms with van der Waals surface area (Å²) in [4.78, 5) is 2.16. The highest BCUT2D eigenvalue weighted by Crippen LogP contribution is 2.20. The van der Waals surface area contributed by atoms with E-state index in [0.29, 0.717) is 0 Å². The Labute approximate surface area is 97.4 Å². The van der Waals surface area contributed by atoms with Gasteiger partial charge in [-0.05, 0) is 17.2 Å². The van der Waals surface area contributed by atoms with Crippen molar-refractivity contribution in [2.75, 3.05) is 14.1 Å². The first-order valence-corrected chi connectivity index (χ1v) is 5.57. The molecule has 1 heteroatoms. The van der Waals surface area contributed by atoms with Gasteiger partial charge in [-0.1, -0.05) is 48.6 Å². The summed E-state index contributed by atoms with van der Waals surface area (Å²) in [6.07, 6.45) is 9.80. The number of hydrogen-bond donors (Lipinski definition) is 0. The summed E-state index contributed by atoms with van der Waals surface area (Å²) in [6, 6.07) is 10.5. The predicted molar refractivity (Wildman–Crippen MR) is 69.9 cm³/mol. The molecule has 0 atom stereocenters. The molecule has 0 amide bonds. The highest BCUT2D eigenvalue weighted by atomic mass is 15.1. The molecule has 1 aromatic rings. The highest BCUT2D eigenvalue weighted by molar-refractivity contribution is 5.75. The maximum atomic E-state index is 2.22. The van der Waals surface area contributed by atoms with Crippen LogP contribution in [0.25, 0.3) is 5.57 Å². The summed E-state index contributed by atoms with van der Waals surface area (Å²) in [5.74, 6) is 0. The van der Waals surface area contributed by atoms with Gasteiger partial charge in [-0.15, -0.1) is 0 Å². The van der Waals surface area contributed by atoms with Crippen molar-refractivity contribution in [3.05, 3.63) is 65.9 Å². The van der Waals surface area contributed by atoms with Gasteiger partial charge in [-0.25, -0.2) is 0 Å². The fourth-order valence-corrected chi connectivity index (χ4v) is 1.77. The Hall–Kier alpha value is -1.76. The third-order valence-corrected chi connectivity index (χ3v) is 2.76. The molecule has 82 valence electrons. The molecule has 0 bridgehead atoms. The van der Waals surface area contributed by atoms with E-state index in [4.69, 9.17) is 0 Å². The molecule has 0 saturated heterocycles. The van der Waals surface area contributed by atoms with Crippen LogP contribution in [0.15, 0.2) is 60.3 Å². The topological polar surface area (TPSA) is 3.24 Å². The van der Waals surface area contributed by atoms with E-state index in [1.165, 1.54) is 16.8 Å². The van der Waals surface area contributed by atoms with Gasteiger partial charge in [-0.3, -0.25) is 0 Å². The Morgan fingerprint density at radius 2 is 1.75 bits per heavy atom. The molecule has 1 aliphatic rings. The molecular formula is C15H17N. The molecule has 0 radical (unpaired) electrons. The van der Waals surface area contributed by atoms with Crippen LogP contribution in [0.2, 0.25) is 0 Å². The van der Waals surface area contributed by atoms with E-state index in [1.54, 1.807) is 0 Å². The second kappa shape index (κ2) is 4.84. The zero-order valence-electron chi connectivity index (χ0n) is 9.85. The third-order valence-electron chi connectivity index (χ3n) is 2.76. The number of hydrogen-bond acceptors (Lipinski definition) is 1. The van der Waals surface area contributed by atoms with E-state index in [2.05, 4.69) is 67.6 Å². The van der Waals surface area contributed by atoms with E-state index >= 15 is 0 Å². The van der Waals surface area contributed by atoms with Crippen LogP contribution < -0.4 is 0 Å². The first-order valence-electron chi connectivity index (χ1n) is 5.57. The minimum absolute atomic E-state index is 1.000. The summed E-state index contributed by atoms with van der Waals surface area (Å²) in [5.41, 5.74) is 3.88. The van der Waals surface area contributed by atoms with E-state index in [0.717, 1.165) is 6.42 Å². The maximum Gasteiger partial charge on any atom is 0.0166 e. The lowest BCUT2D eigenvalue weighted by Gasteiger charge is -2.14. The molecule has 1 nitrogen and oxygen atoms in total. The van der Waals surface area contributed by atoms with Crippen LogP contribution in [0.3, 0.4) is 0 Å². The van der Waals surface area contributed by atoms with Crippen molar-refractivity contribution >= 4 is 5.57 Å². The van der Waals surface area contributed by atoms with Crippen molar-refractivity contribution in [1.29, 1.82) is 0 Å². The average molecular weight is 211 g/mol. The zero-order chi connectivity index (χ0) is 11.4. The van der Waals surface area contributed by atoms with Crippen LogP contribution in [-0.2, 0) is 0 Å². The van der Waals surface area contributed by atoms with Crippen molar-refractivity contribution in [2.45, 2.75) is 6.42 Å². The Bertz CT molecular complexity index is 436. The summed E-state index contributed by atoms with van der Waals surface area (Å²) >= 11 is 0. The number of nitrogens with zero attached hydrogens (tertiary/aromatic N) is 1. The lowest BCUT2D eigenvalue weighted by molar-refractivity contribution is 0.501. The summed E-state index contributed by atoms with van der Waals surface area (Å²) in [7, 11) is 4.17. The molecule has 0 heterocycles. The minimum atomic E-state index is 1.000. The molecule has 1 aliphatic carbocycles. The molecule has 0 fully saturated rings. The Balaban J connectivity index is 2.30. The molecule has 0 unspecified atom stereocenters. The lowest BCUT2D eigenvalue weighted by atomic mass is 10.1. The van der Waals surface area contributed by atoms with Crippen LogP contribution in [0.1, 0.15) is 12.0 Å². The van der Waals surface area contributed by atoms with Crippen LogP contribution in [0, 0.1) is 0 Å². The second-order valence-corrected chi connectivity index (χ2v) is 4.15. The number of benzene rings is 1. The van der Waals surface area contributed by atoms with Crippen LogP contribution in [0.4, 0.5) is 0 Å². The van der Waals surface area contributed by atoms with Gasteiger partial charge in [-0.2, -0.15) is 0 Å². The van der Waals surface area contributed by atoms with Gasteiger partial charge in [0.1, 0.15) is 0 Å². The zero-order valence-corrected chi connectivity index (χ0v) is 9.85. The first kappa shape index (κ1) is 10.7. The molecule has 0 aromatic heterocycles. The standard InChI is InChI=1S/C15H17N/c1-16(2)15-10-6-9-14(11-12-15)13-7-4-3-5-8-13/h3-9,11-12H,10H2,1-2H3. The van der Waals surface area contributed by atoms with Crippen LogP contribution in [0.5, 0.6) is 0 Å². The molecular weight excluding hydrogens is 194 g/mol. The lowest BCUT2D eigenvalue weighted by Crippen LogP contribution is -2.09. The van der Waals surface area contributed by atoms with E-state index in [9.17, 15) is 0 Å². The van der Waals surface area contributed by atoms with Crippen molar-refractivity contribution in [1.82, 2.24) is 4.90 Å². The van der Waals surface area contributed by atoms with Crippen molar-refractivity contribution in [2.24, 2.45) is 0 Å². The normalized spacial score (nSPS) is 15.1. The van der Waals surface area contributed by atoms with E-state index in [1.807, 2.05) is 6.07 Å². The Kier molecular flexibility index (Phi) is 3.25. The number of allylic oxidation sites excluding steroid dienone is 5. The maximum absolute atomic E-state index is 2.22. The minimum Gasteiger partial charge on any atom is -0.381 e. The Morgan fingerprint density at radius 1 is 1.00 bits per heavy atom. The van der Waals surface area contributed by atoms with Crippen molar-refractivity contribution in [3.8, 4) is 0 Å². The fraction of sp³-hybridized carbons (Fsp3) is 0.200. The second-order valence-electron chi connectivity index (χ2n) is 4.15. The van der Waals surface area contributed by atoms with Crippen LogP contribution in [-0.4, -0.2) is 19.0 Å². The summed E-state index contributed by atoms with van der Waals surface area (Å²) in [6.45, 7) is 0.